The number of nitrogens with two attached hydrogens (primary N) is 1. The van der Waals surface area contributed by atoms with E-state index in [4.69, 9.17) is 5.73 Å². The number of carbonyl (C=O) groups is 1. The van der Waals surface area contributed by atoms with E-state index in [-0.39, 0.29) is 5.91 Å². The molecule has 0 unspecified atom stereocenters. The normalized spacial score (nSPS) is 9.62. The lowest BCUT2D eigenvalue weighted by Gasteiger charge is -2.10. The highest BCUT2D eigenvalue weighted by Gasteiger charge is 2.05. The second-order valence-corrected chi connectivity index (χ2v) is 3.69. The van der Waals surface area contributed by atoms with E-state index in [1.54, 1.807) is 25.2 Å². The van der Waals surface area contributed by atoms with Crippen LogP contribution in [0.2, 0.25) is 0 Å². The Morgan fingerprint density at radius 1 is 1.50 bits per heavy atom. The van der Waals surface area contributed by atoms with Crippen LogP contribution in [-0.4, -0.2) is 19.5 Å². The first kappa shape index (κ1) is 12.1. The fraction of sp³-hybridized carbons (Fsp3) is 0.250. The minimum absolute atomic E-state index is 0.141. The molecule has 0 radical (unpaired) electrons. The van der Waals surface area contributed by atoms with Crippen LogP contribution >= 0.6 is 0 Å². The molecular formula is C12H17N3O. The Bertz CT molecular complexity index is 413. The molecule has 0 atom stereocenters. The maximum atomic E-state index is 11.3. The number of benzene rings is 1. The van der Waals surface area contributed by atoms with Crippen LogP contribution in [0.1, 0.15) is 17.3 Å². The fourth-order valence-electron chi connectivity index (χ4n) is 1.26. The Kier molecular flexibility index (Phi) is 3.94. The lowest BCUT2D eigenvalue weighted by Crippen LogP contribution is -2.18. The molecule has 0 bridgehead atoms. The van der Waals surface area contributed by atoms with Crippen molar-refractivity contribution < 1.29 is 4.79 Å². The van der Waals surface area contributed by atoms with Crippen LogP contribution in [0.25, 0.3) is 0 Å². The van der Waals surface area contributed by atoms with E-state index in [1.165, 1.54) is 0 Å². The molecule has 0 fully saturated rings. The van der Waals surface area contributed by atoms with Crippen LogP contribution in [0.15, 0.2) is 30.4 Å². The number of hydrogen-bond donors (Lipinski definition) is 3. The van der Waals surface area contributed by atoms with Gasteiger partial charge in [-0.25, -0.2) is 0 Å². The quantitative estimate of drug-likeness (QED) is 0.532. The van der Waals surface area contributed by atoms with Gasteiger partial charge in [0.1, 0.15) is 0 Å². The zero-order valence-corrected chi connectivity index (χ0v) is 9.63. The summed E-state index contributed by atoms with van der Waals surface area (Å²) in [5.41, 5.74) is 8.78. The van der Waals surface area contributed by atoms with Crippen LogP contribution in [-0.2, 0) is 0 Å². The van der Waals surface area contributed by atoms with Crippen LogP contribution in [0.4, 0.5) is 11.4 Å². The minimum atomic E-state index is -0.141. The van der Waals surface area contributed by atoms with Crippen molar-refractivity contribution in [2.24, 2.45) is 0 Å². The van der Waals surface area contributed by atoms with E-state index in [0.717, 1.165) is 11.3 Å². The third-order valence-corrected chi connectivity index (χ3v) is 2.12. The maximum absolute atomic E-state index is 11.3. The number of carbonyl (C=O) groups excluding carboxylic acids is 1. The van der Waals surface area contributed by atoms with Gasteiger partial charge in [-0.05, 0) is 25.1 Å². The van der Waals surface area contributed by atoms with Gasteiger partial charge in [-0.1, -0.05) is 12.2 Å². The van der Waals surface area contributed by atoms with E-state index >= 15 is 0 Å². The molecule has 1 aromatic carbocycles. The average Bonchev–Trinajstić information content (AvgIpc) is 2.26. The predicted molar refractivity (Wildman–Crippen MR) is 67.5 cm³/mol. The Balaban J connectivity index is 2.83. The lowest BCUT2D eigenvalue weighted by molar-refractivity contribution is 0.0963. The second-order valence-electron chi connectivity index (χ2n) is 3.69. The summed E-state index contributed by atoms with van der Waals surface area (Å²) in [6, 6.07) is 5.18. The molecule has 1 rings (SSSR count). The number of rotatable bonds is 4. The molecule has 0 aliphatic rings. The Morgan fingerprint density at radius 2 is 2.19 bits per heavy atom. The Morgan fingerprint density at radius 3 is 2.69 bits per heavy atom. The third-order valence-electron chi connectivity index (χ3n) is 2.12. The van der Waals surface area contributed by atoms with E-state index < -0.39 is 0 Å². The van der Waals surface area contributed by atoms with Crippen molar-refractivity contribution in [2.75, 3.05) is 24.6 Å². The molecule has 4 nitrogen and oxygen atoms in total. The molecule has 16 heavy (non-hydrogen) atoms. The van der Waals surface area contributed by atoms with Gasteiger partial charge >= 0.3 is 0 Å². The SMILES string of the molecule is C=C(C)CNc1ccc(C(=O)NC)cc1N. The van der Waals surface area contributed by atoms with Crippen molar-refractivity contribution >= 4 is 17.3 Å². The van der Waals surface area contributed by atoms with Gasteiger partial charge in [0.25, 0.3) is 5.91 Å². The van der Waals surface area contributed by atoms with Gasteiger partial charge in [-0.15, -0.1) is 0 Å². The first-order chi connectivity index (χ1) is 7.54. The molecule has 1 aromatic rings. The van der Waals surface area contributed by atoms with Crippen molar-refractivity contribution in [3.8, 4) is 0 Å². The van der Waals surface area contributed by atoms with Crippen molar-refractivity contribution in [1.82, 2.24) is 5.32 Å². The zero-order chi connectivity index (χ0) is 12.1. The van der Waals surface area contributed by atoms with E-state index in [2.05, 4.69) is 17.2 Å². The molecular weight excluding hydrogens is 202 g/mol. The van der Waals surface area contributed by atoms with Gasteiger partial charge in [0, 0.05) is 19.2 Å². The topological polar surface area (TPSA) is 67.2 Å². The summed E-state index contributed by atoms with van der Waals surface area (Å²) in [7, 11) is 1.59. The molecule has 0 aromatic heterocycles. The highest BCUT2D eigenvalue weighted by atomic mass is 16.1. The minimum Gasteiger partial charge on any atom is -0.397 e. The summed E-state index contributed by atoms with van der Waals surface area (Å²) in [5, 5.41) is 5.69. The van der Waals surface area contributed by atoms with E-state index in [1.807, 2.05) is 6.92 Å². The van der Waals surface area contributed by atoms with E-state index in [9.17, 15) is 4.79 Å². The van der Waals surface area contributed by atoms with Crippen LogP contribution < -0.4 is 16.4 Å². The Hall–Kier alpha value is -1.97. The lowest BCUT2D eigenvalue weighted by atomic mass is 10.1. The number of hydrogen-bond acceptors (Lipinski definition) is 3. The van der Waals surface area contributed by atoms with Gasteiger partial charge in [0.05, 0.1) is 11.4 Å². The highest BCUT2D eigenvalue weighted by Crippen LogP contribution is 2.19. The van der Waals surface area contributed by atoms with Gasteiger partial charge in [-0.2, -0.15) is 0 Å². The predicted octanol–water partition coefficient (Wildman–Crippen LogP) is 1.62. The molecule has 1 amide bonds. The standard InChI is InChI=1S/C12H17N3O/c1-8(2)7-15-11-5-4-9(6-10(11)13)12(16)14-3/h4-6,15H,1,7,13H2,2-3H3,(H,14,16). The average molecular weight is 219 g/mol. The summed E-state index contributed by atoms with van der Waals surface area (Å²) >= 11 is 0. The summed E-state index contributed by atoms with van der Waals surface area (Å²) in [4.78, 5) is 11.3. The number of anilines is 2. The molecule has 0 spiro atoms. The maximum Gasteiger partial charge on any atom is 0.251 e. The van der Waals surface area contributed by atoms with Crippen LogP contribution in [0, 0.1) is 0 Å². The van der Waals surface area contributed by atoms with Gasteiger partial charge < -0.3 is 16.4 Å². The second kappa shape index (κ2) is 5.21. The largest absolute Gasteiger partial charge is 0.397 e. The van der Waals surface area contributed by atoms with Crippen LogP contribution in [0.3, 0.4) is 0 Å². The molecule has 4 N–H and O–H groups in total. The smallest absolute Gasteiger partial charge is 0.251 e. The van der Waals surface area contributed by atoms with Gasteiger partial charge in [0.15, 0.2) is 0 Å². The third kappa shape index (κ3) is 3.02. The number of nitrogens with one attached hydrogen (secondary N) is 2. The highest BCUT2D eigenvalue weighted by molar-refractivity contribution is 5.95. The van der Waals surface area contributed by atoms with Crippen molar-refractivity contribution in [3.63, 3.8) is 0 Å². The summed E-state index contributed by atoms with van der Waals surface area (Å²) in [5.74, 6) is -0.141. The molecule has 0 saturated heterocycles. The van der Waals surface area contributed by atoms with Crippen LogP contribution in [0.5, 0.6) is 0 Å². The first-order valence-electron chi connectivity index (χ1n) is 5.04. The molecule has 0 heterocycles. The van der Waals surface area contributed by atoms with Crippen molar-refractivity contribution in [2.45, 2.75) is 6.92 Å². The summed E-state index contributed by atoms with van der Waals surface area (Å²) in [6.45, 7) is 6.39. The van der Waals surface area contributed by atoms with Gasteiger partial charge in [0.2, 0.25) is 0 Å². The van der Waals surface area contributed by atoms with Crippen molar-refractivity contribution in [1.29, 1.82) is 0 Å². The molecule has 4 heteroatoms. The Labute approximate surface area is 95.5 Å². The zero-order valence-electron chi connectivity index (χ0n) is 9.63. The number of amides is 1. The summed E-state index contributed by atoms with van der Waals surface area (Å²) < 4.78 is 0. The first-order valence-corrected chi connectivity index (χ1v) is 5.04. The molecule has 86 valence electrons. The van der Waals surface area contributed by atoms with E-state index in [0.29, 0.717) is 17.8 Å². The molecule has 0 aliphatic carbocycles. The number of nitrogen functional groups attached to an aromatic ring is 1. The van der Waals surface area contributed by atoms with Crippen molar-refractivity contribution in [3.05, 3.63) is 35.9 Å². The monoisotopic (exact) mass is 219 g/mol. The summed E-state index contributed by atoms with van der Waals surface area (Å²) in [6.07, 6.45) is 0. The fourth-order valence-corrected chi connectivity index (χ4v) is 1.26. The molecule has 0 aliphatic heterocycles. The molecule has 0 saturated carbocycles. The van der Waals surface area contributed by atoms with Gasteiger partial charge in [-0.3, -0.25) is 4.79 Å².